The van der Waals surface area contributed by atoms with Crippen molar-refractivity contribution in [2.45, 2.75) is 25.3 Å². The van der Waals surface area contributed by atoms with Crippen LogP contribution in [0.15, 0.2) is 34.9 Å². The summed E-state index contributed by atoms with van der Waals surface area (Å²) in [5, 5.41) is 4.80. The highest BCUT2D eigenvalue weighted by atomic mass is 79.9. The number of hydrogen-bond donors (Lipinski definition) is 1. The first-order chi connectivity index (χ1) is 8.36. The van der Waals surface area contributed by atoms with Crippen molar-refractivity contribution >= 4 is 26.8 Å². The molecule has 1 aliphatic rings. The molecule has 1 unspecified atom stereocenters. The first-order valence-corrected chi connectivity index (χ1v) is 6.92. The third-order valence-corrected chi connectivity index (χ3v) is 4.12. The Kier molecular flexibility index (Phi) is 3.12. The van der Waals surface area contributed by atoms with E-state index >= 15 is 0 Å². The van der Waals surface area contributed by atoms with Crippen LogP contribution in [0, 0.1) is 0 Å². The molecule has 0 aliphatic carbocycles. The van der Waals surface area contributed by atoms with Crippen molar-refractivity contribution in [1.82, 2.24) is 10.3 Å². The van der Waals surface area contributed by atoms with Gasteiger partial charge in [0.15, 0.2) is 0 Å². The molecular weight excluding hydrogens is 276 g/mol. The molecule has 88 valence electrons. The molecule has 0 saturated carbocycles. The number of piperidine rings is 1. The molecule has 0 amide bonds. The highest BCUT2D eigenvalue weighted by Gasteiger charge is 2.18. The molecular formula is C14H15BrN2. The van der Waals surface area contributed by atoms with Gasteiger partial charge in [-0.2, -0.15) is 0 Å². The standard InChI is InChI=1S/C14H15BrN2/c15-12-7-6-11(13-5-1-2-8-16-13)14-10(12)4-3-9-17-14/h3-4,6-7,9,13,16H,1-2,5,8H2. The van der Waals surface area contributed by atoms with Crippen LogP contribution < -0.4 is 5.32 Å². The second-order valence-corrected chi connectivity index (χ2v) is 5.39. The van der Waals surface area contributed by atoms with Crippen LogP contribution in [0.2, 0.25) is 0 Å². The zero-order valence-corrected chi connectivity index (χ0v) is 11.2. The Morgan fingerprint density at radius 3 is 3.00 bits per heavy atom. The van der Waals surface area contributed by atoms with Crippen molar-refractivity contribution in [2.75, 3.05) is 6.54 Å². The van der Waals surface area contributed by atoms with Crippen LogP contribution in [0.1, 0.15) is 30.9 Å². The maximum atomic E-state index is 4.55. The van der Waals surface area contributed by atoms with Gasteiger partial charge in [-0.15, -0.1) is 0 Å². The van der Waals surface area contributed by atoms with Gasteiger partial charge in [0.1, 0.15) is 0 Å². The first-order valence-electron chi connectivity index (χ1n) is 6.13. The van der Waals surface area contributed by atoms with Gasteiger partial charge in [0.2, 0.25) is 0 Å². The number of nitrogens with zero attached hydrogens (tertiary/aromatic N) is 1. The van der Waals surface area contributed by atoms with Crippen molar-refractivity contribution in [1.29, 1.82) is 0 Å². The third kappa shape index (κ3) is 2.09. The highest BCUT2D eigenvalue weighted by molar-refractivity contribution is 9.10. The third-order valence-electron chi connectivity index (χ3n) is 3.43. The zero-order chi connectivity index (χ0) is 11.7. The van der Waals surface area contributed by atoms with E-state index in [0.29, 0.717) is 6.04 Å². The average molecular weight is 291 g/mol. The maximum Gasteiger partial charge on any atom is 0.0761 e. The van der Waals surface area contributed by atoms with E-state index in [-0.39, 0.29) is 0 Å². The molecule has 2 nitrogen and oxygen atoms in total. The Morgan fingerprint density at radius 2 is 2.18 bits per heavy atom. The summed E-state index contributed by atoms with van der Waals surface area (Å²) in [7, 11) is 0. The van der Waals surface area contributed by atoms with Crippen LogP contribution in [0.25, 0.3) is 10.9 Å². The minimum Gasteiger partial charge on any atom is -0.310 e. The normalized spacial score (nSPS) is 20.6. The van der Waals surface area contributed by atoms with E-state index in [0.717, 1.165) is 16.5 Å². The molecule has 1 aromatic carbocycles. The van der Waals surface area contributed by atoms with Crippen molar-refractivity contribution in [2.24, 2.45) is 0 Å². The molecule has 0 radical (unpaired) electrons. The van der Waals surface area contributed by atoms with Crippen LogP contribution >= 0.6 is 15.9 Å². The van der Waals surface area contributed by atoms with E-state index in [4.69, 9.17) is 0 Å². The summed E-state index contributed by atoms with van der Waals surface area (Å²) in [6.07, 6.45) is 5.69. The summed E-state index contributed by atoms with van der Waals surface area (Å²) in [5.41, 5.74) is 2.46. The molecule has 1 atom stereocenters. The minimum atomic E-state index is 0.467. The van der Waals surface area contributed by atoms with E-state index in [2.05, 4.69) is 44.4 Å². The maximum absolute atomic E-state index is 4.55. The van der Waals surface area contributed by atoms with Crippen molar-refractivity contribution < 1.29 is 0 Å². The number of rotatable bonds is 1. The van der Waals surface area contributed by atoms with Gasteiger partial charge in [0.25, 0.3) is 0 Å². The molecule has 1 fully saturated rings. The molecule has 17 heavy (non-hydrogen) atoms. The van der Waals surface area contributed by atoms with Crippen molar-refractivity contribution in [3.05, 3.63) is 40.5 Å². The molecule has 0 bridgehead atoms. The Hall–Kier alpha value is -0.930. The summed E-state index contributed by atoms with van der Waals surface area (Å²) in [6, 6.07) is 8.91. The summed E-state index contributed by atoms with van der Waals surface area (Å²) >= 11 is 3.59. The second kappa shape index (κ2) is 4.75. The van der Waals surface area contributed by atoms with Crippen LogP contribution in [-0.2, 0) is 0 Å². The quantitative estimate of drug-likeness (QED) is 0.864. The fourth-order valence-electron chi connectivity index (χ4n) is 2.56. The van der Waals surface area contributed by atoms with Crippen molar-refractivity contribution in [3.8, 4) is 0 Å². The summed E-state index contributed by atoms with van der Waals surface area (Å²) < 4.78 is 1.13. The van der Waals surface area contributed by atoms with Gasteiger partial charge in [-0.25, -0.2) is 0 Å². The van der Waals surface area contributed by atoms with Crippen LogP contribution in [-0.4, -0.2) is 11.5 Å². The number of pyridine rings is 1. The van der Waals surface area contributed by atoms with Gasteiger partial charge < -0.3 is 5.32 Å². The topological polar surface area (TPSA) is 24.9 Å². The SMILES string of the molecule is Brc1ccc(C2CCCCN2)c2ncccc12. The lowest BCUT2D eigenvalue weighted by molar-refractivity contribution is 0.414. The molecule has 1 aliphatic heterocycles. The zero-order valence-electron chi connectivity index (χ0n) is 9.62. The number of fused-ring (bicyclic) bond motifs is 1. The lowest BCUT2D eigenvalue weighted by Crippen LogP contribution is -2.27. The Balaban J connectivity index is 2.12. The molecule has 1 saturated heterocycles. The first kappa shape index (κ1) is 11.2. The second-order valence-electron chi connectivity index (χ2n) is 4.54. The molecule has 2 heterocycles. The van der Waals surface area contributed by atoms with Gasteiger partial charge in [-0.1, -0.05) is 34.5 Å². The minimum absolute atomic E-state index is 0.467. The fraction of sp³-hybridized carbons (Fsp3) is 0.357. The Bertz CT molecular complexity index is 533. The lowest BCUT2D eigenvalue weighted by Gasteiger charge is -2.24. The van der Waals surface area contributed by atoms with Gasteiger partial charge in [-0.05, 0) is 37.1 Å². The highest BCUT2D eigenvalue weighted by Crippen LogP contribution is 2.31. The van der Waals surface area contributed by atoms with Gasteiger partial charge in [-0.3, -0.25) is 4.98 Å². The van der Waals surface area contributed by atoms with E-state index in [1.807, 2.05) is 12.3 Å². The molecule has 2 aromatic rings. The van der Waals surface area contributed by atoms with Crippen molar-refractivity contribution in [3.63, 3.8) is 0 Å². The monoisotopic (exact) mass is 290 g/mol. The number of halogens is 1. The fourth-order valence-corrected chi connectivity index (χ4v) is 3.01. The molecule has 3 rings (SSSR count). The van der Waals surface area contributed by atoms with Crippen LogP contribution in [0.3, 0.4) is 0 Å². The summed E-state index contributed by atoms with van der Waals surface area (Å²) in [6.45, 7) is 1.12. The lowest BCUT2D eigenvalue weighted by atomic mass is 9.95. The van der Waals surface area contributed by atoms with E-state index in [1.165, 1.54) is 30.2 Å². The van der Waals surface area contributed by atoms with Crippen LogP contribution in [0.4, 0.5) is 0 Å². The largest absolute Gasteiger partial charge is 0.310 e. The predicted molar refractivity (Wildman–Crippen MR) is 74.0 cm³/mol. The van der Waals surface area contributed by atoms with Crippen LogP contribution in [0.5, 0.6) is 0 Å². The number of aromatic nitrogens is 1. The average Bonchev–Trinajstić information content (AvgIpc) is 2.41. The van der Waals surface area contributed by atoms with E-state index in [1.54, 1.807) is 0 Å². The Labute approximate surface area is 110 Å². The van der Waals surface area contributed by atoms with Gasteiger partial charge >= 0.3 is 0 Å². The molecule has 3 heteroatoms. The molecule has 1 aromatic heterocycles. The van der Waals surface area contributed by atoms with E-state index in [9.17, 15) is 0 Å². The summed E-state index contributed by atoms with van der Waals surface area (Å²) in [5.74, 6) is 0. The molecule has 1 N–H and O–H groups in total. The smallest absolute Gasteiger partial charge is 0.0761 e. The van der Waals surface area contributed by atoms with Gasteiger partial charge in [0, 0.05) is 22.1 Å². The summed E-state index contributed by atoms with van der Waals surface area (Å²) in [4.78, 5) is 4.55. The number of hydrogen-bond acceptors (Lipinski definition) is 2. The van der Waals surface area contributed by atoms with E-state index < -0.39 is 0 Å². The Morgan fingerprint density at radius 1 is 1.24 bits per heavy atom. The van der Waals surface area contributed by atoms with Gasteiger partial charge in [0.05, 0.1) is 5.52 Å². The molecule has 0 spiro atoms. The number of benzene rings is 1. The number of nitrogens with one attached hydrogen (secondary N) is 1. The predicted octanol–water partition coefficient (Wildman–Crippen LogP) is 3.81.